The average Bonchev–Trinajstić information content (AvgIpc) is 2.60. The average molecular weight is 337 g/mol. The molecule has 0 amide bonds. The van der Waals surface area contributed by atoms with E-state index in [1.54, 1.807) is 0 Å². The lowest BCUT2D eigenvalue weighted by atomic mass is 9.88. The molecule has 0 fully saturated rings. The molecule has 0 aliphatic heterocycles. The largest absolute Gasteiger partial charge is 0.298 e. The molecule has 1 unspecified atom stereocenters. The van der Waals surface area contributed by atoms with Gasteiger partial charge in [-0.3, -0.25) is 4.79 Å². The van der Waals surface area contributed by atoms with Gasteiger partial charge in [-0.25, -0.2) is 0 Å². The molecule has 0 aromatic carbocycles. The molecule has 0 N–H and O–H groups in total. The maximum absolute atomic E-state index is 11.2. The van der Waals surface area contributed by atoms with Gasteiger partial charge in [0, 0.05) is 0 Å². The summed E-state index contributed by atoms with van der Waals surface area (Å²) in [6.07, 6.45) is 24.7. The van der Waals surface area contributed by atoms with E-state index < -0.39 is 0 Å². The summed E-state index contributed by atoms with van der Waals surface area (Å²) in [6.45, 7) is 6.52. The number of rotatable bonds is 18. The monoisotopic (exact) mass is 336 g/mol. The Morgan fingerprint density at radius 1 is 0.667 bits per heavy atom. The molecular formula is C23H44O. The first kappa shape index (κ1) is 23.4. The summed E-state index contributed by atoms with van der Waals surface area (Å²) in [5.41, 5.74) is 1.03. The Morgan fingerprint density at radius 3 is 1.50 bits per heavy atom. The summed E-state index contributed by atoms with van der Waals surface area (Å²) in [5.74, 6) is 0.510. The number of allylic oxidation sites excluding steroid dienone is 2. The van der Waals surface area contributed by atoms with Crippen LogP contribution in [0.2, 0.25) is 0 Å². The molecule has 0 rings (SSSR count). The zero-order valence-corrected chi connectivity index (χ0v) is 17.0. The van der Waals surface area contributed by atoms with E-state index in [9.17, 15) is 4.79 Å². The summed E-state index contributed by atoms with van der Waals surface area (Å²) in [5, 5.41) is 0. The standard InChI is InChI=1S/C23H44O/c1-4-7-9-10-11-12-13-14-15-16-17-18-20-23(19-8-5-2)22(6-3)21-24/h6,21,23H,4-5,7-20H2,1-3H3/b22-6+. The number of hydrogen-bond acceptors (Lipinski definition) is 1. The normalized spacial score (nSPS) is 13.2. The molecule has 0 aromatic heterocycles. The van der Waals surface area contributed by atoms with Crippen LogP contribution in [0.25, 0.3) is 0 Å². The van der Waals surface area contributed by atoms with Crippen molar-refractivity contribution in [1.29, 1.82) is 0 Å². The van der Waals surface area contributed by atoms with E-state index >= 15 is 0 Å². The van der Waals surface area contributed by atoms with Crippen LogP contribution in [0, 0.1) is 5.92 Å². The highest BCUT2D eigenvalue weighted by Crippen LogP contribution is 2.24. The second-order valence-electron chi connectivity index (χ2n) is 7.42. The lowest BCUT2D eigenvalue weighted by Gasteiger charge is -2.16. The van der Waals surface area contributed by atoms with E-state index in [2.05, 4.69) is 13.8 Å². The third-order valence-corrected chi connectivity index (χ3v) is 5.25. The van der Waals surface area contributed by atoms with Crippen LogP contribution in [0.15, 0.2) is 11.6 Å². The fourth-order valence-electron chi connectivity index (χ4n) is 3.56. The summed E-state index contributed by atoms with van der Waals surface area (Å²) in [6, 6.07) is 0. The molecule has 0 radical (unpaired) electrons. The Bertz CT molecular complexity index is 292. The first-order valence-corrected chi connectivity index (χ1v) is 10.9. The molecule has 0 aliphatic rings. The number of unbranched alkanes of at least 4 members (excludes halogenated alkanes) is 12. The Hall–Kier alpha value is -0.590. The highest BCUT2D eigenvalue weighted by Gasteiger charge is 2.12. The summed E-state index contributed by atoms with van der Waals surface area (Å²) in [7, 11) is 0. The second kappa shape index (κ2) is 18.7. The van der Waals surface area contributed by atoms with E-state index in [0.29, 0.717) is 5.92 Å². The predicted octanol–water partition coefficient (Wildman–Crippen LogP) is 8.03. The van der Waals surface area contributed by atoms with Gasteiger partial charge in [0.25, 0.3) is 0 Å². The minimum absolute atomic E-state index is 0.510. The molecule has 1 nitrogen and oxygen atoms in total. The van der Waals surface area contributed by atoms with Crippen molar-refractivity contribution in [2.75, 3.05) is 0 Å². The number of hydrogen-bond donors (Lipinski definition) is 0. The van der Waals surface area contributed by atoms with Crippen LogP contribution in [0.4, 0.5) is 0 Å². The van der Waals surface area contributed by atoms with Gasteiger partial charge in [0.2, 0.25) is 0 Å². The first-order valence-electron chi connectivity index (χ1n) is 10.9. The second-order valence-corrected chi connectivity index (χ2v) is 7.42. The van der Waals surface area contributed by atoms with Crippen LogP contribution in [0.1, 0.15) is 124 Å². The zero-order valence-electron chi connectivity index (χ0n) is 17.0. The van der Waals surface area contributed by atoms with Crippen LogP contribution in [-0.2, 0) is 4.79 Å². The molecule has 0 bridgehead atoms. The maximum atomic E-state index is 11.2. The van der Waals surface area contributed by atoms with Gasteiger partial charge in [-0.05, 0) is 31.3 Å². The van der Waals surface area contributed by atoms with Crippen LogP contribution in [-0.4, -0.2) is 6.29 Å². The zero-order chi connectivity index (χ0) is 17.9. The SMILES string of the molecule is C/C=C(\C=O)C(CCCC)CCCCCCCCCCCCCC. The minimum atomic E-state index is 0.510. The van der Waals surface area contributed by atoms with Gasteiger partial charge in [-0.1, -0.05) is 110 Å². The van der Waals surface area contributed by atoms with Gasteiger partial charge in [0.05, 0.1) is 0 Å². The fourth-order valence-corrected chi connectivity index (χ4v) is 3.56. The van der Waals surface area contributed by atoms with E-state index in [0.717, 1.165) is 11.9 Å². The van der Waals surface area contributed by atoms with E-state index in [1.165, 1.54) is 103 Å². The first-order chi connectivity index (χ1) is 11.8. The van der Waals surface area contributed by atoms with Crippen molar-refractivity contribution in [3.63, 3.8) is 0 Å². The highest BCUT2D eigenvalue weighted by atomic mass is 16.1. The van der Waals surface area contributed by atoms with Gasteiger partial charge < -0.3 is 0 Å². The lowest BCUT2D eigenvalue weighted by Crippen LogP contribution is -2.06. The Morgan fingerprint density at radius 2 is 1.08 bits per heavy atom. The summed E-state index contributed by atoms with van der Waals surface area (Å²) >= 11 is 0. The molecule has 1 heteroatoms. The van der Waals surface area contributed by atoms with Gasteiger partial charge in [0.1, 0.15) is 6.29 Å². The van der Waals surface area contributed by atoms with Crippen molar-refractivity contribution < 1.29 is 4.79 Å². The number of carbonyl (C=O) groups excluding carboxylic acids is 1. The molecule has 0 spiro atoms. The Kier molecular flexibility index (Phi) is 18.3. The molecule has 1 atom stereocenters. The van der Waals surface area contributed by atoms with Crippen molar-refractivity contribution in [3.05, 3.63) is 11.6 Å². The van der Waals surface area contributed by atoms with Gasteiger partial charge in [0.15, 0.2) is 0 Å². The predicted molar refractivity (Wildman–Crippen MR) is 109 cm³/mol. The van der Waals surface area contributed by atoms with Crippen molar-refractivity contribution in [3.8, 4) is 0 Å². The summed E-state index contributed by atoms with van der Waals surface area (Å²) in [4.78, 5) is 11.2. The third kappa shape index (κ3) is 13.8. The lowest BCUT2D eigenvalue weighted by molar-refractivity contribution is -0.105. The quantitative estimate of drug-likeness (QED) is 0.141. The van der Waals surface area contributed by atoms with Crippen LogP contribution in [0.5, 0.6) is 0 Å². The topological polar surface area (TPSA) is 17.1 Å². The minimum Gasteiger partial charge on any atom is -0.298 e. The van der Waals surface area contributed by atoms with Gasteiger partial charge >= 0.3 is 0 Å². The smallest absolute Gasteiger partial charge is 0.145 e. The molecule has 0 saturated heterocycles. The fraction of sp³-hybridized carbons (Fsp3) is 0.870. The number of aldehydes is 1. The van der Waals surface area contributed by atoms with Crippen molar-refractivity contribution >= 4 is 6.29 Å². The molecule has 0 aliphatic carbocycles. The molecule has 0 heterocycles. The van der Waals surface area contributed by atoms with Crippen LogP contribution >= 0.6 is 0 Å². The molecule has 24 heavy (non-hydrogen) atoms. The van der Waals surface area contributed by atoms with E-state index in [4.69, 9.17) is 0 Å². The van der Waals surface area contributed by atoms with Crippen LogP contribution < -0.4 is 0 Å². The van der Waals surface area contributed by atoms with Crippen molar-refractivity contribution in [2.24, 2.45) is 5.92 Å². The summed E-state index contributed by atoms with van der Waals surface area (Å²) < 4.78 is 0. The maximum Gasteiger partial charge on any atom is 0.145 e. The third-order valence-electron chi connectivity index (χ3n) is 5.25. The number of carbonyl (C=O) groups is 1. The highest BCUT2D eigenvalue weighted by molar-refractivity contribution is 5.73. The Balaban J connectivity index is 3.56. The van der Waals surface area contributed by atoms with Crippen molar-refractivity contribution in [2.45, 2.75) is 124 Å². The molecule has 0 aromatic rings. The van der Waals surface area contributed by atoms with Crippen molar-refractivity contribution in [1.82, 2.24) is 0 Å². The van der Waals surface area contributed by atoms with Gasteiger partial charge in [-0.15, -0.1) is 0 Å². The Labute approximate surface area is 152 Å². The molecule has 142 valence electrons. The molecule has 0 saturated carbocycles. The van der Waals surface area contributed by atoms with Gasteiger partial charge in [-0.2, -0.15) is 0 Å². The van der Waals surface area contributed by atoms with Crippen LogP contribution in [0.3, 0.4) is 0 Å². The van der Waals surface area contributed by atoms with E-state index in [1.807, 2.05) is 13.0 Å². The van der Waals surface area contributed by atoms with E-state index in [-0.39, 0.29) is 0 Å². The molecular weight excluding hydrogens is 292 g/mol.